The molecule has 30 heavy (non-hydrogen) atoms. The average molecular weight is 400 g/mol. The van der Waals surface area contributed by atoms with E-state index in [0.29, 0.717) is 29.1 Å². The molecule has 3 aromatic rings. The van der Waals surface area contributed by atoms with Gasteiger partial charge in [0.25, 0.3) is 5.79 Å². The Morgan fingerprint density at radius 2 is 1.30 bits per heavy atom. The van der Waals surface area contributed by atoms with E-state index in [9.17, 15) is 15.0 Å². The van der Waals surface area contributed by atoms with Crippen molar-refractivity contribution in [1.82, 2.24) is 0 Å². The molecule has 0 unspecified atom stereocenters. The molecule has 4 rings (SSSR count). The Balaban J connectivity index is 1.60. The number of hydrogen-bond donors (Lipinski definition) is 2. The molecule has 0 radical (unpaired) electrons. The van der Waals surface area contributed by atoms with E-state index in [1.165, 1.54) is 24.3 Å². The maximum absolute atomic E-state index is 12.7. The van der Waals surface area contributed by atoms with Gasteiger partial charge in [0.15, 0.2) is 5.78 Å². The zero-order valence-corrected chi connectivity index (χ0v) is 16.1. The second-order valence-electron chi connectivity index (χ2n) is 6.90. The topological polar surface area (TPSA) is 76.0 Å². The van der Waals surface area contributed by atoms with Crippen LogP contribution in [0.4, 0.5) is 0 Å². The monoisotopic (exact) mass is 400 g/mol. The van der Waals surface area contributed by atoms with Crippen LogP contribution in [0.3, 0.4) is 0 Å². The van der Waals surface area contributed by atoms with Gasteiger partial charge < -0.3 is 19.7 Å². The predicted octanol–water partition coefficient (Wildman–Crippen LogP) is 5.02. The molecule has 0 bridgehead atoms. The minimum Gasteiger partial charge on any atom is -0.508 e. The van der Waals surface area contributed by atoms with Crippen molar-refractivity contribution in [3.63, 3.8) is 0 Å². The van der Waals surface area contributed by atoms with E-state index in [1.54, 1.807) is 54.6 Å². The van der Waals surface area contributed by atoms with Crippen molar-refractivity contribution in [1.29, 1.82) is 0 Å². The smallest absolute Gasteiger partial charge is 0.274 e. The summed E-state index contributed by atoms with van der Waals surface area (Å²) in [6.07, 6.45) is 5.48. The molecule has 1 aliphatic carbocycles. The SMILES string of the molecule is O=C(C1=CCC(Oc2ccc(O)cc2)(Oc2ccc(O)cc2)C=C1)c1ccccc1. The Morgan fingerprint density at radius 3 is 1.77 bits per heavy atom. The first-order chi connectivity index (χ1) is 14.5. The fourth-order valence-corrected chi connectivity index (χ4v) is 3.13. The van der Waals surface area contributed by atoms with Gasteiger partial charge in [-0.3, -0.25) is 4.79 Å². The number of carbonyl (C=O) groups is 1. The molecule has 0 saturated carbocycles. The molecule has 0 aromatic heterocycles. The summed E-state index contributed by atoms with van der Waals surface area (Å²) in [6, 6.07) is 21.7. The van der Waals surface area contributed by atoms with Crippen molar-refractivity contribution >= 4 is 5.78 Å². The van der Waals surface area contributed by atoms with E-state index in [2.05, 4.69) is 0 Å². The molecule has 0 spiro atoms. The number of Topliss-reactive ketones (excluding diaryl/α,β-unsaturated/α-hetero) is 1. The fraction of sp³-hybridized carbons (Fsp3) is 0.0800. The van der Waals surface area contributed by atoms with Gasteiger partial charge in [0.2, 0.25) is 0 Å². The Hall–Kier alpha value is -3.99. The second-order valence-corrected chi connectivity index (χ2v) is 6.90. The summed E-state index contributed by atoms with van der Waals surface area (Å²) in [5, 5.41) is 19.0. The van der Waals surface area contributed by atoms with Gasteiger partial charge in [-0.1, -0.05) is 36.4 Å². The lowest BCUT2D eigenvalue weighted by molar-refractivity contribution is -0.0690. The summed E-state index contributed by atoms with van der Waals surface area (Å²) >= 11 is 0. The molecular formula is C25H20O5. The number of aromatic hydroxyl groups is 2. The molecule has 0 aliphatic heterocycles. The third-order valence-electron chi connectivity index (χ3n) is 4.68. The number of benzene rings is 3. The molecule has 0 fully saturated rings. The Morgan fingerprint density at radius 1 is 0.767 bits per heavy atom. The summed E-state index contributed by atoms with van der Waals surface area (Å²) in [5.41, 5.74) is 1.17. The molecule has 0 saturated heterocycles. The first-order valence-electron chi connectivity index (χ1n) is 9.48. The van der Waals surface area contributed by atoms with Crippen molar-refractivity contribution in [2.45, 2.75) is 12.2 Å². The number of ketones is 1. The van der Waals surface area contributed by atoms with Gasteiger partial charge in [0.05, 0.1) is 0 Å². The average Bonchev–Trinajstić information content (AvgIpc) is 2.78. The normalized spacial score (nSPS) is 14.6. The number of ether oxygens (including phenoxy) is 2. The van der Waals surface area contributed by atoms with Crippen LogP contribution >= 0.6 is 0 Å². The lowest BCUT2D eigenvalue weighted by atomic mass is 9.95. The molecule has 0 amide bonds. The van der Waals surface area contributed by atoms with E-state index in [0.717, 1.165) is 0 Å². The highest BCUT2D eigenvalue weighted by molar-refractivity contribution is 6.10. The first kappa shape index (κ1) is 19.3. The molecular weight excluding hydrogens is 380 g/mol. The second kappa shape index (κ2) is 8.17. The third-order valence-corrected chi connectivity index (χ3v) is 4.68. The zero-order chi connectivity index (χ0) is 21.0. The van der Waals surface area contributed by atoms with E-state index in [-0.39, 0.29) is 17.3 Å². The minimum atomic E-state index is -1.19. The summed E-state index contributed by atoms with van der Waals surface area (Å²) in [6.45, 7) is 0. The van der Waals surface area contributed by atoms with Crippen LogP contribution in [0.2, 0.25) is 0 Å². The van der Waals surface area contributed by atoms with Crippen molar-refractivity contribution in [2.24, 2.45) is 0 Å². The highest BCUT2D eigenvalue weighted by atomic mass is 16.7. The van der Waals surface area contributed by atoms with Gasteiger partial charge in [0.1, 0.15) is 23.0 Å². The van der Waals surface area contributed by atoms with Crippen LogP contribution in [-0.2, 0) is 0 Å². The quantitative estimate of drug-likeness (QED) is 0.449. The van der Waals surface area contributed by atoms with Gasteiger partial charge in [-0.2, -0.15) is 0 Å². The van der Waals surface area contributed by atoms with Crippen LogP contribution in [0.15, 0.2) is 103 Å². The van der Waals surface area contributed by atoms with Gasteiger partial charge in [0, 0.05) is 23.6 Å². The molecule has 0 heterocycles. The zero-order valence-electron chi connectivity index (χ0n) is 16.1. The Labute approximate surface area is 174 Å². The minimum absolute atomic E-state index is 0.0743. The van der Waals surface area contributed by atoms with Gasteiger partial charge in [-0.05, 0) is 54.6 Å². The number of phenols is 2. The van der Waals surface area contributed by atoms with Crippen molar-refractivity contribution in [3.05, 3.63) is 108 Å². The van der Waals surface area contributed by atoms with Crippen LogP contribution < -0.4 is 9.47 Å². The highest BCUT2D eigenvalue weighted by Gasteiger charge is 2.34. The maximum Gasteiger partial charge on any atom is 0.274 e. The number of phenolic OH excluding ortho intramolecular Hbond substituents is 2. The predicted molar refractivity (Wildman–Crippen MR) is 113 cm³/mol. The van der Waals surface area contributed by atoms with Gasteiger partial charge in [-0.15, -0.1) is 0 Å². The molecule has 2 N–H and O–H groups in total. The van der Waals surface area contributed by atoms with E-state index in [1.807, 2.05) is 18.2 Å². The van der Waals surface area contributed by atoms with E-state index < -0.39 is 5.79 Å². The maximum atomic E-state index is 12.7. The molecule has 5 heteroatoms. The number of rotatable bonds is 6. The van der Waals surface area contributed by atoms with Gasteiger partial charge >= 0.3 is 0 Å². The van der Waals surface area contributed by atoms with Crippen molar-refractivity contribution in [3.8, 4) is 23.0 Å². The van der Waals surface area contributed by atoms with Crippen LogP contribution in [0.25, 0.3) is 0 Å². The standard InChI is InChI=1S/C25H20O5/c26-20-6-10-22(11-7-20)29-25(30-23-12-8-21(27)9-13-23)16-14-19(15-17-25)24(28)18-4-2-1-3-5-18/h1-16,26-27H,17H2. The van der Waals surface area contributed by atoms with E-state index in [4.69, 9.17) is 9.47 Å². The van der Waals surface area contributed by atoms with Crippen LogP contribution in [0.5, 0.6) is 23.0 Å². The lowest BCUT2D eigenvalue weighted by Gasteiger charge is -2.33. The molecule has 1 aliphatic rings. The van der Waals surface area contributed by atoms with Crippen LogP contribution in [-0.4, -0.2) is 21.8 Å². The lowest BCUT2D eigenvalue weighted by Crippen LogP contribution is -2.41. The number of hydrogen-bond acceptors (Lipinski definition) is 5. The third kappa shape index (κ3) is 4.36. The summed E-state index contributed by atoms with van der Waals surface area (Å²) in [5.74, 6) is 0.00465. The van der Waals surface area contributed by atoms with Crippen molar-refractivity contribution in [2.75, 3.05) is 0 Å². The van der Waals surface area contributed by atoms with Gasteiger partial charge in [-0.25, -0.2) is 0 Å². The summed E-state index contributed by atoms with van der Waals surface area (Å²) in [7, 11) is 0. The molecule has 3 aromatic carbocycles. The first-order valence-corrected chi connectivity index (χ1v) is 9.48. The summed E-state index contributed by atoms with van der Waals surface area (Å²) < 4.78 is 12.3. The van der Waals surface area contributed by atoms with E-state index >= 15 is 0 Å². The largest absolute Gasteiger partial charge is 0.508 e. The highest BCUT2D eigenvalue weighted by Crippen LogP contribution is 2.32. The Bertz CT molecular complexity index is 1030. The summed E-state index contributed by atoms with van der Waals surface area (Å²) in [4.78, 5) is 12.7. The molecule has 5 nitrogen and oxygen atoms in total. The fourth-order valence-electron chi connectivity index (χ4n) is 3.13. The van der Waals surface area contributed by atoms with Crippen LogP contribution in [0, 0.1) is 0 Å². The number of carbonyl (C=O) groups excluding carboxylic acids is 1. The number of allylic oxidation sites excluding steroid dienone is 2. The molecule has 150 valence electrons. The Kier molecular flexibility index (Phi) is 5.26. The van der Waals surface area contributed by atoms with Crippen LogP contribution in [0.1, 0.15) is 16.8 Å². The molecule has 0 atom stereocenters. The van der Waals surface area contributed by atoms with Crippen molar-refractivity contribution < 1.29 is 24.5 Å².